The van der Waals surface area contributed by atoms with Crippen LogP contribution in [0.3, 0.4) is 0 Å². The Kier molecular flexibility index (Phi) is 4.08. The highest BCUT2D eigenvalue weighted by Crippen LogP contribution is 2.14. The van der Waals surface area contributed by atoms with Crippen LogP contribution in [0.15, 0.2) is 10.9 Å². The summed E-state index contributed by atoms with van der Waals surface area (Å²) in [5.41, 5.74) is 0. The van der Waals surface area contributed by atoms with E-state index in [9.17, 15) is 4.79 Å². The molecule has 0 saturated carbocycles. The van der Waals surface area contributed by atoms with E-state index >= 15 is 0 Å². The Morgan fingerprint density at radius 1 is 1.71 bits per heavy atom. The summed E-state index contributed by atoms with van der Waals surface area (Å²) in [5.74, 6) is 1.23. The molecule has 2 N–H and O–H groups in total. The third-order valence-corrected chi connectivity index (χ3v) is 3.03. The van der Waals surface area contributed by atoms with Crippen LogP contribution in [0.4, 0.5) is 0 Å². The van der Waals surface area contributed by atoms with E-state index < -0.39 is 0 Å². The second-order valence-corrected chi connectivity index (χ2v) is 4.51. The minimum absolute atomic E-state index is 0.0542. The van der Waals surface area contributed by atoms with Gasteiger partial charge in [-0.2, -0.15) is 4.98 Å². The summed E-state index contributed by atoms with van der Waals surface area (Å²) in [5, 5.41) is 9.62. The zero-order valence-corrected chi connectivity index (χ0v) is 9.98. The number of nitrogens with one attached hydrogen (secondary N) is 2. The Balaban J connectivity index is 1.70. The Morgan fingerprint density at radius 2 is 2.59 bits per heavy atom. The lowest BCUT2D eigenvalue weighted by Crippen LogP contribution is -2.48. The molecular formula is C11H18N4O2. The highest BCUT2D eigenvalue weighted by atomic mass is 16.5. The molecular weight excluding hydrogens is 220 g/mol. The molecule has 1 aromatic heterocycles. The Morgan fingerprint density at radius 3 is 3.29 bits per heavy atom. The molecule has 0 bridgehead atoms. The molecule has 0 radical (unpaired) electrons. The van der Waals surface area contributed by atoms with Gasteiger partial charge >= 0.3 is 0 Å². The fourth-order valence-electron chi connectivity index (χ4n) is 2.03. The van der Waals surface area contributed by atoms with Crippen molar-refractivity contribution in [2.75, 3.05) is 13.1 Å². The smallest absolute Gasteiger partial charge is 0.237 e. The Labute approximate surface area is 100 Å². The molecule has 0 aliphatic carbocycles. The molecule has 17 heavy (non-hydrogen) atoms. The molecule has 6 nitrogen and oxygen atoms in total. The number of hydrogen-bond donors (Lipinski definition) is 2. The quantitative estimate of drug-likeness (QED) is 0.778. The third-order valence-electron chi connectivity index (χ3n) is 3.03. The van der Waals surface area contributed by atoms with Crippen molar-refractivity contribution in [3.63, 3.8) is 0 Å². The van der Waals surface area contributed by atoms with Crippen molar-refractivity contribution >= 4 is 5.91 Å². The number of carbonyl (C=O) groups is 1. The second kappa shape index (κ2) is 5.77. The molecule has 1 aromatic rings. The normalized spacial score (nSPS) is 24.5. The lowest BCUT2D eigenvalue weighted by Gasteiger charge is -2.27. The summed E-state index contributed by atoms with van der Waals surface area (Å²) >= 11 is 0. The lowest BCUT2D eigenvalue weighted by atomic mass is 9.94. The monoisotopic (exact) mass is 238 g/mol. The van der Waals surface area contributed by atoms with E-state index in [2.05, 4.69) is 27.7 Å². The maximum Gasteiger partial charge on any atom is 0.237 e. The van der Waals surface area contributed by atoms with Gasteiger partial charge in [0.15, 0.2) is 6.33 Å². The highest BCUT2D eigenvalue weighted by molar-refractivity contribution is 5.81. The molecule has 6 heteroatoms. The molecule has 1 amide bonds. The van der Waals surface area contributed by atoms with Gasteiger partial charge in [-0.3, -0.25) is 4.79 Å². The number of carbonyl (C=O) groups excluding carboxylic acids is 1. The molecule has 2 unspecified atom stereocenters. The van der Waals surface area contributed by atoms with E-state index in [0.717, 1.165) is 19.4 Å². The summed E-state index contributed by atoms with van der Waals surface area (Å²) < 4.78 is 4.85. The molecule has 1 saturated heterocycles. The van der Waals surface area contributed by atoms with Gasteiger partial charge in [0.1, 0.15) is 0 Å². The predicted octanol–water partition coefficient (Wildman–Crippen LogP) is 0.116. The first-order valence-corrected chi connectivity index (χ1v) is 6.02. The molecule has 2 rings (SSSR count). The van der Waals surface area contributed by atoms with Crippen LogP contribution in [0.25, 0.3) is 0 Å². The average molecular weight is 238 g/mol. The summed E-state index contributed by atoms with van der Waals surface area (Å²) in [4.78, 5) is 15.7. The van der Waals surface area contributed by atoms with Gasteiger partial charge in [-0.15, -0.1) is 0 Å². The summed E-state index contributed by atoms with van der Waals surface area (Å²) in [6.45, 7) is 3.63. The van der Waals surface area contributed by atoms with Crippen LogP contribution >= 0.6 is 0 Å². The minimum Gasteiger partial charge on any atom is -0.354 e. The van der Waals surface area contributed by atoms with Crippen LogP contribution < -0.4 is 10.6 Å². The first-order valence-electron chi connectivity index (χ1n) is 6.02. The summed E-state index contributed by atoms with van der Waals surface area (Å²) in [6, 6.07) is -0.0542. The maximum atomic E-state index is 11.8. The molecule has 1 aliphatic heterocycles. The van der Waals surface area contributed by atoms with E-state index in [1.165, 1.54) is 6.33 Å². The number of aromatic nitrogens is 2. The first-order chi connectivity index (χ1) is 8.25. The summed E-state index contributed by atoms with van der Waals surface area (Å²) in [6.07, 6.45) is 3.99. The fourth-order valence-corrected chi connectivity index (χ4v) is 2.03. The molecule has 1 fully saturated rings. The van der Waals surface area contributed by atoms with Crippen molar-refractivity contribution in [1.29, 1.82) is 0 Å². The first kappa shape index (κ1) is 12.0. The van der Waals surface area contributed by atoms with Crippen molar-refractivity contribution in [3.05, 3.63) is 12.2 Å². The van der Waals surface area contributed by atoms with Crippen LogP contribution in [0.2, 0.25) is 0 Å². The molecule has 2 atom stereocenters. The SMILES string of the molecule is CC1CCNC(C(=O)NCCc2ncno2)C1. The van der Waals surface area contributed by atoms with Crippen molar-refractivity contribution in [1.82, 2.24) is 20.8 Å². The van der Waals surface area contributed by atoms with Crippen molar-refractivity contribution in [2.24, 2.45) is 5.92 Å². The van der Waals surface area contributed by atoms with E-state index in [0.29, 0.717) is 24.8 Å². The molecule has 0 aromatic carbocycles. The van der Waals surface area contributed by atoms with Gasteiger partial charge in [-0.25, -0.2) is 0 Å². The van der Waals surface area contributed by atoms with Crippen LogP contribution in [0.1, 0.15) is 25.7 Å². The van der Waals surface area contributed by atoms with E-state index in [4.69, 9.17) is 4.52 Å². The number of amides is 1. The van der Waals surface area contributed by atoms with Crippen molar-refractivity contribution in [3.8, 4) is 0 Å². The van der Waals surface area contributed by atoms with Gasteiger partial charge in [0.2, 0.25) is 11.8 Å². The van der Waals surface area contributed by atoms with Crippen molar-refractivity contribution < 1.29 is 9.32 Å². The van der Waals surface area contributed by atoms with Gasteiger partial charge in [-0.1, -0.05) is 12.1 Å². The minimum atomic E-state index is -0.0542. The molecule has 2 heterocycles. The Hall–Kier alpha value is -1.43. The second-order valence-electron chi connectivity index (χ2n) is 4.51. The fraction of sp³-hybridized carbons (Fsp3) is 0.727. The van der Waals surface area contributed by atoms with Crippen LogP contribution in [-0.4, -0.2) is 35.2 Å². The van der Waals surface area contributed by atoms with Gasteiger partial charge in [0, 0.05) is 13.0 Å². The van der Waals surface area contributed by atoms with E-state index in [1.54, 1.807) is 0 Å². The predicted molar refractivity (Wildman–Crippen MR) is 61.2 cm³/mol. The maximum absolute atomic E-state index is 11.8. The van der Waals surface area contributed by atoms with E-state index in [1.807, 2.05) is 0 Å². The lowest BCUT2D eigenvalue weighted by molar-refractivity contribution is -0.124. The van der Waals surface area contributed by atoms with Gasteiger partial charge in [-0.05, 0) is 25.3 Å². The van der Waals surface area contributed by atoms with Crippen LogP contribution in [0.5, 0.6) is 0 Å². The topological polar surface area (TPSA) is 80.0 Å². The largest absolute Gasteiger partial charge is 0.354 e. The van der Waals surface area contributed by atoms with Crippen LogP contribution in [0, 0.1) is 5.92 Å². The van der Waals surface area contributed by atoms with Gasteiger partial charge in [0.25, 0.3) is 0 Å². The van der Waals surface area contributed by atoms with Gasteiger partial charge < -0.3 is 15.2 Å². The number of hydrogen-bond acceptors (Lipinski definition) is 5. The highest BCUT2D eigenvalue weighted by Gasteiger charge is 2.23. The average Bonchev–Trinajstić information content (AvgIpc) is 2.82. The summed E-state index contributed by atoms with van der Waals surface area (Å²) in [7, 11) is 0. The van der Waals surface area contributed by atoms with Crippen LogP contribution in [-0.2, 0) is 11.2 Å². The van der Waals surface area contributed by atoms with E-state index in [-0.39, 0.29) is 11.9 Å². The standard InChI is InChI=1S/C11H18N4O2/c1-8-2-4-12-9(6-8)11(16)13-5-3-10-14-7-15-17-10/h7-9,12H,2-6H2,1H3,(H,13,16). The zero-order chi connectivity index (χ0) is 12.1. The van der Waals surface area contributed by atoms with Crippen molar-refractivity contribution in [2.45, 2.75) is 32.2 Å². The Bertz CT molecular complexity index is 352. The number of nitrogens with zero attached hydrogens (tertiary/aromatic N) is 2. The van der Waals surface area contributed by atoms with Gasteiger partial charge in [0.05, 0.1) is 6.04 Å². The zero-order valence-electron chi connectivity index (χ0n) is 9.98. The number of rotatable bonds is 4. The third kappa shape index (κ3) is 3.52. The molecule has 1 aliphatic rings. The molecule has 0 spiro atoms. The molecule has 94 valence electrons. The number of piperidine rings is 1.